The van der Waals surface area contributed by atoms with Crippen LogP contribution in [0.5, 0.6) is 0 Å². The topological polar surface area (TPSA) is 56.1 Å². The van der Waals surface area contributed by atoms with Gasteiger partial charge in [0.05, 0.1) is 12.0 Å². The first-order valence-corrected chi connectivity index (χ1v) is 7.22. The Balaban J connectivity index is 1.85. The highest BCUT2D eigenvalue weighted by atomic mass is 16.2. The van der Waals surface area contributed by atoms with Crippen molar-refractivity contribution in [3.63, 3.8) is 0 Å². The van der Waals surface area contributed by atoms with E-state index in [1.165, 1.54) is 0 Å². The second-order valence-corrected chi connectivity index (χ2v) is 5.71. The van der Waals surface area contributed by atoms with E-state index in [0.717, 1.165) is 30.5 Å². The summed E-state index contributed by atoms with van der Waals surface area (Å²) in [7, 11) is 1.82. The lowest BCUT2D eigenvalue weighted by Crippen LogP contribution is -2.42. The van der Waals surface area contributed by atoms with Crippen molar-refractivity contribution in [2.24, 2.45) is 5.92 Å². The molecule has 1 N–H and O–H groups in total. The summed E-state index contributed by atoms with van der Waals surface area (Å²) in [6, 6.07) is 10.7. The lowest BCUT2D eigenvalue weighted by Gasteiger charge is -2.34. The molecule has 0 radical (unpaired) electrons. The Kier molecular flexibility index (Phi) is 3.45. The maximum absolute atomic E-state index is 12.1. The first kappa shape index (κ1) is 13.1. The Morgan fingerprint density at radius 3 is 2.95 bits per heavy atom. The molecule has 4 nitrogen and oxygen atoms in total. The van der Waals surface area contributed by atoms with Gasteiger partial charge in [-0.05, 0) is 24.5 Å². The number of carbonyl (C=O) groups excluding carboxylic acids is 1. The third-order valence-electron chi connectivity index (χ3n) is 4.52. The second kappa shape index (κ2) is 5.26. The largest absolute Gasteiger partial charge is 0.315 e. The molecular weight excluding hydrogens is 250 g/mol. The van der Waals surface area contributed by atoms with Crippen LogP contribution in [0.25, 0.3) is 0 Å². The van der Waals surface area contributed by atoms with Gasteiger partial charge in [0.1, 0.15) is 0 Å². The summed E-state index contributed by atoms with van der Waals surface area (Å²) in [4.78, 5) is 13.8. The van der Waals surface area contributed by atoms with E-state index in [2.05, 4.69) is 17.5 Å². The molecule has 4 heteroatoms. The zero-order valence-electron chi connectivity index (χ0n) is 11.7. The number of nitriles is 1. The maximum Gasteiger partial charge on any atom is 0.228 e. The first-order chi connectivity index (χ1) is 9.70. The number of rotatable bonds is 2. The molecule has 1 aromatic rings. The number of nitrogens with one attached hydrogen (secondary N) is 1. The molecule has 3 unspecified atom stereocenters. The van der Waals surface area contributed by atoms with Crippen molar-refractivity contribution in [3.05, 3.63) is 29.8 Å². The molecule has 0 aromatic heterocycles. The van der Waals surface area contributed by atoms with Gasteiger partial charge in [0, 0.05) is 31.2 Å². The number of anilines is 1. The molecule has 1 fully saturated rings. The van der Waals surface area contributed by atoms with Crippen molar-refractivity contribution in [1.82, 2.24) is 5.32 Å². The maximum atomic E-state index is 12.1. The Labute approximate surface area is 119 Å². The zero-order chi connectivity index (χ0) is 14.1. The molecule has 1 aliphatic carbocycles. The van der Waals surface area contributed by atoms with Crippen LogP contribution in [-0.4, -0.2) is 19.0 Å². The van der Waals surface area contributed by atoms with E-state index in [-0.39, 0.29) is 23.9 Å². The summed E-state index contributed by atoms with van der Waals surface area (Å²) in [5, 5.41) is 12.7. The predicted molar refractivity (Wildman–Crippen MR) is 77.1 cm³/mol. The van der Waals surface area contributed by atoms with E-state index in [4.69, 9.17) is 0 Å². The van der Waals surface area contributed by atoms with E-state index in [1.54, 1.807) is 4.90 Å². The number of hydrogen-bond donors (Lipinski definition) is 1. The van der Waals surface area contributed by atoms with E-state index in [9.17, 15) is 10.1 Å². The van der Waals surface area contributed by atoms with Crippen molar-refractivity contribution in [3.8, 4) is 6.07 Å². The molecule has 1 aliphatic heterocycles. The highest BCUT2D eigenvalue weighted by Gasteiger charge is 2.34. The van der Waals surface area contributed by atoms with Crippen LogP contribution >= 0.6 is 0 Å². The Morgan fingerprint density at radius 1 is 1.35 bits per heavy atom. The van der Waals surface area contributed by atoms with Gasteiger partial charge < -0.3 is 10.2 Å². The van der Waals surface area contributed by atoms with Crippen molar-refractivity contribution in [1.29, 1.82) is 5.26 Å². The summed E-state index contributed by atoms with van der Waals surface area (Å²) in [6.45, 7) is 0. The third kappa shape index (κ3) is 2.19. The first-order valence-electron chi connectivity index (χ1n) is 7.22. The van der Waals surface area contributed by atoms with Crippen LogP contribution in [-0.2, 0) is 4.79 Å². The lowest BCUT2D eigenvalue weighted by atomic mass is 9.94. The molecule has 1 amide bonds. The molecule has 1 heterocycles. The van der Waals surface area contributed by atoms with E-state index in [1.807, 2.05) is 25.2 Å². The lowest BCUT2D eigenvalue weighted by molar-refractivity contribution is -0.119. The van der Waals surface area contributed by atoms with Crippen LogP contribution < -0.4 is 10.2 Å². The highest BCUT2D eigenvalue weighted by Crippen LogP contribution is 2.35. The molecule has 104 valence electrons. The Hall–Kier alpha value is -1.86. The number of amides is 1. The summed E-state index contributed by atoms with van der Waals surface area (Å²) in [6.07, 6.45) is 3.57. The van der Waals surface area contributed by atoms with Crippen LogP contribution in [0.2, 0.25) is 0 Å². The molecular formula is C16H19N3O. The van der Waals surface area contributed by atoms with Gasteiger partial charge in [-0.2, -0.15) is 5.26 Å². The summed E-state index contributed by atoms with van der Waals surface area (Å²) < 4.78 is 0. The van der Waals surface area contributed by atoms with Crippen molar-refractivity contribution in [2.45, 2.75) is 37.8 Å². The van der Waals surface area contributed by atoms with Crippen molar-refractivity contribution < 1.29 is 4.79 Å². The number of fused-ring (bicyclic) bond motifs is 1. The molecule has 1 saturated carbocycles. The minimum Gasteiger partial charge on any atom is -0.315 e. The summed E-state index contributed by atoms with van der Waals surface area (Å²) in [5.41, 5.74) is 2.14. The fraction of sp³-hybridized carbons (Fsp3) is 0.500. The predicted octanol–water partition coefficient (Wildman–Crippen LogP) is 2.38. The van der Waals surface area contributed by atoms with Gasteiger partial charge in [0.15, 0.2) is 0 Å². The molecule has 3 rings (SSSR count). The van der Waals surface area contributed by atoms with Crippen molar-refractivity contribution >= 4 is 11.6 Å². The van der Waals surface area contributed by atoms with Gasteiger partial charge in [-0.15, -0.1) is 0 Å². The van der Waals surface area contributed by atoms with Crippen LogP contribution in [0, 0.1) is 17.2 Å². The molecule has 0 spiro atoms. The third-order valence-corrected chi connectivity index (χ3v) is 4.52. The minimum absolute atomic E-state index is 0.0360. The fourth-order valence-electron chi connectivity index (χ4n) is 3.36. The average Bonchev–Trinajstić information content (AvgIpc) is 2.92. The van der Waals surface area contributed by atoms with Gasteiger partial charge in [0.2, 0.25) is 5.91 Å². The Bertz CT molecular complexity index is 563. The normalized spacial score (nSPS) is 29.1. The monoisotopic (exact) mass is 269 g/mol. The quantitative estimate of drug-likeness (QED) is 0.896. The van der Waals surface area contributed by atoms with Crippen LogP contribution in [0.4, 0.5) is 5.69 Å². The van der Waals surface area contributed by atoms with Crippen LogP contribution in [0.3, 0.4) is 0 Å². The molecule has 0 bridgehead atoms. The van der Waals surface area contributed by atoms with Gasteiger partial charge >= 0.3 is 0 Å². The molecule has 1 aromatic carbocycles. The summed E-state index contributed by atoms with van der Waals surface area (Å²) in [5.74, 6) is 0.213. The van der Waals surface area contributed by atoms with Gasteiger partial charge in [-0.1, -0.05) is 24.6 Å². The molecule has 20 heavy (non-hydrogen) atoms. The average molecular weight is 269 g/mol. The van der Waals surface area contributed by atoms with Gasteiger partial charge in [-0.25, -0.2) is 0 Å². The Morgan fingerprint density at radius 2 is 2.15 bits per heavy atom. The van der Waals surface area contributed by atoms with E-state index < -0.39 is 0 Å². The molecule has 0 saturated heterocycles. The number of nitrogens with zero attached hydrogens (tertiary/aromatic N) is 2. The van der Waals surface area contributed by atoms with Gasteiger partial charge in [0.25, 0.3) is 0 Å². The number of carbonyl (C=O) groups is 1. The highest BCUT2D eigenvalue weighted by molar-refractivity contribution is 5.96. The van der Waals surface area contributed by atoms with E-state index in [0.29, 0.717) is 6.42 Å². The van der Waals surface area contributed by atoms with Crippen LogP contribution in [0.15, 0.2) is 24.3 Å². The van der Waals surface area contributed by atoms with Crippen molar-refractivity contribution in [2.75, 3.05) is 11.9 Å². The smallest absolute Gasteiger partial charge is 0.228 e. The number of hydrogen-bond acceptors (Lipinski definition) is 3. The van der Waals surface area contributed by atoms with Gasteiger partial charge in [-0.3, -0.25) is 4.79 Å². The van der Waals surface area contributed by atoms with E-state index >= 15 is 0 Å². The van der Waals surface area contributed by atoms with Crippen LogP contribution in [0.1, 0.15) is 37.3 Å². The SMILES string of the molecule is CN1C(=O)CC(NC2CCCC2C#N)c2ccccc21. The minimum atomic E-state index is 0.0360. The standard InChI is InChI=1S/C16H19N3O/c1-19-15-8-3-2-6-12(15)14(9-16(19)20)18-13-7-4-5-11(13)10-17/h2-3,6,8,11,13-14,18H,4-5,7,9H2,1H3. The molecule has 2 aliphatic rings. The number of benzene rings is 1. The zero-order valence-corrected chi connectivity index (χ0v) is 11.7. The summed E-state index contributed by atoms with van der Waals surface area (Å²) >= 11 is 0. The second-order valence-electron chi connectivity index (χ2n) is 5.71. The number of para-hydroxylation sites is 1. The molecule has 3 atom stereocenters. The fourth-order valence-corrected chi connectivity index (χ4v) is 3.36.